The first-order valence-electron chi connectivity index (χ1n) is 9.42. The second-order valence-electron chi connectivity index (χ2n) is 6.88. The van der Waals surface area contributed by atoms with Crippen LogP contribution >= 0.6 is 11.6 Å². The average Bonchev–Trinajstić information content (AvgIpc) is 2.72. The minimum Gasteiger partial charge on any atom is -0.328 e. The molecular formula is C24H23ClN2O2. The van der Waals surface area contributed by atoms with E-state index in [0.717, 1.165) is 11.1 Å². The number of hydrogen-bond acceptors (Lipinski definition) is 2. The summed E-state index contributed by atoms with van der Waals surface area (Å²) in [7, 11) is 0. The molecule has 0 radical (unpaired) electrons. The van der Waals surface area contributed by atoms with Crippen molar-refractivity contribution in [2.24, 2.45) is 0 Å². The minimum absolute atomic E-state index is 0.136. The second kappa shape index (κ2) is 9.39. The van der Waals surface area contributed by atoms with Gasteiger partial charge in [-0.05, 0) is 42.3 Å². The van der Waals surface area contributed by atoms with Crippen molar-refractivity contribution >= 4 is 29.1 Å². The Morgan fingerprint density at radius 1 is 0.966 bits per heavy atom. The summed E-state index contributed by atoms with van der Waals surface area (Å²) in [5.41, 5.74) is 3.12. The molecule has 4 nitrogen and oxygen atoms in total. The predicted octanol–water partition coefficient (Wildman–Crippen LogP) is 5.70. The van der Waals surface area contributed by atoms with Crippen LogP contribution in [0.2, 0.25) is 5.02 Å². The summed E-state index contributed by atoms with van der Waals surface area (Å²) in [6.45, 7) is 3.89. The number of nitrogens with zero attached hydrogens (tertiary/aromatic N) is 1. The number of halogens is 1. The lowest BCUT2D eigenvalue weighted by atomic mass is 10.0. The zero-order chi connectivity index (χ0) is 20.8. The van der Waals surface area contributed by atoms with Crippen LogP contribution in [0, 0.1) is 0 Å². The highest BCUT2D eigenvalue weighted by Gasteiger charge is 2.24. The number of rotatable bonds is 6. The van der Waals surface area contributed by atoms with Gasteiger partial charge in [-0.1, -0.05) is 66.2 Å². The number of anilines is 1. The number of nitrogens with one attached hydrogen (secondary N) is 1. The lowest BCUT2D eigenvalue weighted by Gasteiger charge is -2.30. The van der Waals surface area contributed by atoms with Crippen molar-refractivity contribution < 1.29 is 9.59 Å². The van der Waals surface area contributed by atoms with Crippen LogP contribution in [0.3, 0.4) is 0 Å². The Kier molecular flexibility index (Phi) is 6.68. The third-order valence-electron chi connectivity index (χ3n) is 4.72. The summed E-state index contributed by atoms with van der Waals surface area (Å²) in [5.74, 6) is -0.278. The molecule has 3 aromatic rings. The molecule has 1 atom stereocenters. The highest BCUT2D eigenvalue weighted by Crippen LogP contribution is 2.28. The standard InChI is InChI=1S/C24H23ClN2O2/c1-17(20-11-8-12-21(15-20)26-18(2)28)27(16-19-9-4-3-5-10-19)24(29)22-13-6-7-14-23(22)25/h3-15,17H,16H2,1-2H3,(H,26,28)/t17-/m0/s1. The first-order valence-corrected chi connectivity index (χ1v) is 9.80. The number of amides is 2. The van der Waals surface area contributed by atoms with E-state index in [1.165, 1.54) is 6.92 Å². The minimum atomic E-state index is -0.229. The molecule has 3 aromatic carbocycles. The highest BCUT2D eigenvalue weighted by molar-refractivity contribution is 6.33. The van der Waals surface area contributed by atoms with Crippen molar-refractivity contribution in [1.82, 2.24) is 4.90 Å². The lowest BCUT2D eigenvalue weighted by Crippen LogP contribution is -2.33. The molecule has 0 unspecified atom stereocenters. The smallest absolute Gasteiger partial charge is 0.256 e. The molecule has 3 rings (SSSR count). The maximum absolute atomic E-state index is 13.4. The topological polar surface area (TPSA) is 49.4 Å². The van der Waals surface area contributed by atoms with E-state index in [-0.39, 0.29) is 17.9 Å². The van der Waals surface area contributed by atoms with Gasteiger partial charge in [0.2, 0.25) is 5.91 Å². The van der Waals surface area contributed by atoms with E-state index in [0.29, 0.717) is 22.8 Å². The molecule has 0 heterocycles. The molecule has 0 spiro atoms. The Bertz CT molecular complexity index is 1000. The average molecular weight is 407 g/mol. The maximum atomic E-state index is 13.4. The Hall–Kier alpha value is -3.11. The largest absolute Gasteiger partial charge is 0.328 e. The van der Waals surface area contributed by atoms with Gasteiger partial charge in [0.05, 0.1) is 16.6 Å². The fourth-order valence-electron chi connectivity index (χ4n) is 3.21. The van der Waals surface area contributed by atoms with Crippen molar-refractivity contribution in [1.29, 1.82) is 0 Å². The lowest BCUT2D eigenvalue weighted by molar-refractivity contribution is -0.114. The van der Waals surface area contributed by atoms with Gasteiger partial charge < -0.3 is 10.2 Å². The van der Waals surface area contributed by atoms with Crippen molar-refractivity contribution in [2.75, 3.05) is 5.32 Å². The highest BCUT2D eigenvalue weighted by atomic mass is 35.5. The van der Waals surface area contributed by atoms with Crippen LogP contribution in [-0.4, -0.2) is 16.7 Å². The molecule has 0 fully saturated rings. The van der Waals surface area contributed by atoms with Gasteiger partial charge >= 0.3 is 0 Å². The molecule has 29 heavy (non-hydrogen) atoms. The third kappa shape index (κ3) is 5.24. The summed E-state index contributed by atoms with van der Waals surface area (Å²) in [6, 6.07) is 24.2. The molecule has 0 aliphatic carbocycles. The first kappa shape index (κ1) is 20.6. The van der Waals surface area contributed by atoms with Gasteiger partial charge in [0.25, 0.3) is 5.91 Å². The van der Waals surface area contributed by atoms with Crippen LogP contribution in [0.15, 0.2) is 78.9 Å². The normalized spacial score (nSPS) is 11.6. The van der Waals surface area contributed by atoms with Gasteiger partial charge in [-0.3, -0.25) is 9.59 Å². The Morgan fingerprint density at radius 2 is 1.66 bits per heavy atom. The quantitative estimate of drug-likeness (QED) is 0.570. The van der Waals surface area contributed by atoms with Gasteiger partial charge in [-0.2, -0.15) is 0 Å². The molecule has 5 heteroatoms. The molecule has 2 amide bonds. The molecule has 0 aliphatic heterocycles. The number of hydrogen-bond donors (Lipinski definition) is 1. The first-order chi connectivity index (χ1) is 14.0. The summed E-state index contributed by atoms with van der Waals surface area (Å²) >= 11 is 6.30. The fourth-order valence-corrected chi connectivity index (χ4v) is 3.43. The molecule has 1 N–H and O–H groups in total. The van der Waals surface area contributed by atoms with E-state index in [9.17, 15) is 9.59 Å². The summed E-state index contributed by atoms with van der Waals surface area (Å²) in [4.78, 5) is 26.6. The molecular weight excluding hydrogens is 384 g/mol. The predicted molar refractivity (Wildman–Crippen MR) is 117 cm³/mol. The number of benzene rings is 3. The fraction of sp³-hybridized carbons (Fsp3) is 0.167. The van der Waals surface area contributed by atoms with Crippen molar-refractivity contribution in [3.8, 4) is 0 Å². The van der Waals surface area contributed by atoms with Crippen LogP contribution in [0.5, 0.6) is 0 Å². The van der Waals surface area contributed by atoms with E-state index in [1.54, 1.807) is 23.1 Å². The molecule has 0 bridgehead atoms. The monoisotopic (exact) mass is 406 g/mol. The van der Waals surface area contributed by atoms with E-state index < -0.39 is 0 Å². The zero-order valence-electron chi connectivity index (χ0n) is 16.4. The molecule has 0 saturated heterocycles. The van der Waals surface area contributed by atoms with Crippen LogP contribution < -0.4 is 5.32 Å². The summed E-state index contributed by atoms with van der Waals surface area (Å²) in [5, 5.41) is 3.22. The van der Waals surface area contributed by atoms with Crippen LogP contribution in [-0.2, 0) is 11.3 Å². The summed E-state index contributed by atoms with van der Waals surface area (Å²) < 4.78 is 0. The van der Waals surface area contributed by atoms with Gasteiger partial charge in [0, 0.05) is 19.2 Å². The Morgan fingerprint density at radius 3 is 2.34 bits per heavy atom. The van der Waals surface area contributed by atoms with E-state index >= 15 is 0 Å². The van der Waals surface area contributed by atoms with E-state index in [1.807, 2.05) is 67.6 Å². The Labute approximate surface area is 176 Å². The van der Waals surface area contributed by atoms with E-state index in [4.69, 9.17) is 11.6 Å². The zero-order valence-corrected chi connectivity index (χ0v) is 17.2. The van der Waals surface area contributed by atoms with Gasteiger partial charge in [-0.25, -0.2) is 0 Å². The second-order valence-corrected chi connectivity index (χ2v) is 7.29. The van der Waals surface area contributed by atoms with Crippen molar-refractivity contribution in [2.45, 2.75) is 26.4 Å². The maximum Gasteiger partial charge on any atom is 0.256 e. The SMILES string of the molecule is CC(=O)Nc1cccc([C@H](C)N(Cc2ccccc2)C(=O)c2ccccc2Cl)c1. The number of carbonyl (C=O) groups excluding carboxylic acids is 2. The Balaban J connectivity index is 1.97. The molecule has 0 saturated carbocycles. The molecule has 148 valence electrons. The molecule has 0 aliphatic rings. The van der Waals surface area contributed by atoms with Crippen molar-refractivity contribution in [3.63, 3.8) is 0 Å². The van der Waals surface area contributed by atoms with Gasteiger partial charge in [0.15, 0.2) is 0 Å². The molecule has 0 aromatic heterocycles. The summed E-state index contributed by atoms with van der Waals surface area (Å²) in [6.07, 6.45) is 0. The third-order valence-corrected chi connectivity index (χ3v) is 5.05. The van der Waals surface area contributed by atoms with Gasteiger partial charge in [-0.15, -0.1) is 0 Å². The van der Waals surface area contributed by atoms with Crippen LogP contribution in [0.4, 0.5) is 5.69 Å². The van der Waals surface area contributed by atoms with Crippen LogP contribution in [0.25, 0.3) is 0 Å². The number of carbonyl (C=O) groups is 2. The van der Waals surface area contributed by atoms with E-state index in [2.05, 4.69) is 5.32 Å². The van der Waals surface area contributed by atoms with Gasteiger partial charge in [0.1, 0.15) is 0 Å². The van der Waals surface area contributed by atoms with Crippen molar-refractivity contribution in [3.05, 3.63) is 101 Å². The van der Waals surface area contributed by atoms with Crippen LogP contribution in [0.1, 0.15) is 41.4 Å².